The van der Waals surface area contributed by atoms with Crippen LogP contribution in [0.25, 0.3) is 11.3 Å². The van der Waals surface area contributed by atoms with Gasteiger partial charge < -0.3 is 0 Å². The first-order chi connectivity index (χ1) is 23.0. The molecule has 48 heavy (non-hydrogen) atoms. The summed E-state index contributed by atoms with van der Waals surface area (Å²) in [6, 6.07) is 9.48. The Morgan fingerprint density at radius 2 is 1.25 bits per heavy atom. The van der Waals surface area contributed by atoms with Crippen LogP contribution in [-0.2, 0) is 19.2 Å². The summed E-state index contributed by atoms with van der Waals surface area (Å²) in [5, 5.41) is 0.332. The number of aromatic nitrogens is 4. The number of amides is 2. The lowest BCUT2D eigenvalue weighted by atomic mass is 9.68. The maximum Gasteiger partial charge on any atom is 0.234 e. The number of Topliss-reactive ketones (excluding diaryl/α,β-unsaturated/α-hetero) is 2. The first-order valence-electron chi connectivity index (χ1n) is 16.7. The van der Waals surface area contributed by atoms with E-state index in [9.17, 15) is 23.6 Å². The van der Waals surface area contributed by atoms with Gasteiger partial charge in [0, 0.05) is 42.6 Å². The van der Waals surface area contributed by atoms with E-state index < -0.39 is 5.41 Å². The van der Waals surface area contributed by atoms with Gasteiger partial charge in [0.2, 0.25) is 11.8 Å². The van der Waals surface area contributed by atoms with Crippen LogP contribution in [0.15, 0.2) is 49.1 Å². The number of ketones is 2. The zero-order chi connectivity index (χ0) is 34.1. The van der Waals surface area contributed by atoms with Crippen LogP contribution in [0.1, 0.15) is 78.1 Å². The lowest BCUT2D eigenvalue weighted by Gasteiger charge is -2.35. The molecule has 2 unspecified atom stereocenters. The van der Waals surface area contributed by atoms with Gasteiger partial charge in [-0.05, 0) is 89.5 Å². The SMILES string of the molecule is CC(=O)[C@@H]1CCCC2(CCN(c3cc(-c4ccc(F)cc4)ncn3)C2=O)C1.CC(=O)[C@@H]1CCCC2(CCN(c3cc(Cl)ncn3)C2=O)C1. The van der Waals surface area contributed by atoms with Crippen molar-refractivity contribution in [2.75, 3.05) is 22.9 Å². The van der Waals surface area contributed by atoms with Crippen LogP contribution in [0.5, 0.6) is 0 Å². The fraction of sp³-hybridized carbons (Fsp3) is 0.500. The van der Waals surface area contributed by atoms with Gasteiger partial charge in [0.1, 0.15) is 46.8 Å². The quantitative estimate of drug-likeness (QED) is 0.284. The molecule has 0 bridgehead atoms. The van der Waals surface area contributed by atoms with E-state index in [2.05, 4.69) is 19.9 Å². The van der Waals surface area contributed by atoms with Gasteiger partial charge in [-0.25, -0.2) is 24.3 Å². The highest BCUT2D eigenvalue weighted by molar-refractivity contribution is 6.29. The van der Waals surface area contributed by atoms with Gasteiger partial charge in [0.05, 0.1) is 16.5 Å². The van der Waals surface area contributed by atoms with E-state index in [4.69, 9.17) is 11.6 Å². The maximum atomic E-state index is 13.2. The predicted molar refractivity (Wildman–Crippen MR) is 179 cm³/mol. The Bertz CT molecular complexity index is 1720. The van der Waals surface area contributed by atoms with Crippen LogP contribution in [0.2, 0.25) is 5.15 Å². The topological polar surface area (TPSA) is 126 Å². The van der Waals surface area contributed by atoms with Crippen LogP contribution >= 0.6 is 11.6 Å². The second-order valence-electron chi connectivity index (χ2n) is 13.7. The number of hydrogen-bond acceptors (Lipinski definition) is 8. The van der Waals surface area contributed by atoms with E-state index in [1.807, 2.05) is 0 Å². The Morgan fingerprint density at radius 1 is 0.750 bits per heavy atom. The minimum atomic E-state index is -0.435. The molecule has 1 aromatic carbocycles. The lowest BCUT2D eigenvalue weighted by molar-refractivity contribution is -0.132. The number of nitrogens with zero attached hydrogens (tertiary/aromatic N) is 6. The second-order valence-corrected chi connectivity index (χ2v) is 14.1. The third-order valence-corrected chi connectivity index (χ3v) is 11.0. The highest BCUT2D eigenvalue weighted by atomic mass is 35.5. The lowest BCUT2D eigenvalue weighted by Crippen LogP contribution is -2.39. The molecule has 2 saturated heterocycles. The molecule has 4 fully saturated rings. The van der Waals surface area contributed by atoms with Crippen molar-refractivity contribution < 1.29 is 23.6 Å². The van der Waals surface area contributed by atoms with Crippen molar-refractivity contribution >= 4 is 46.6 Å². The Balaban J connectivity index is 0.000000173. The van der Waals surface area contributed by atoms with E-state index >= 15 is 0 Å². The third kappa shape index (κ3) is 6.74. The minimum Gasteiger partial charge on any atom is -0.300 e. The number of carbonyl (C=O) groups excluding carboxylic acids is 4. The molecular formula is C36H40ClFN6O4. The first-order valence-corrected chi connectivity index (χ1v) is 17.1. The van der Waals surface area contributed by atoms with Gasteiger partial charge in [0.25, 0.3) is 0 Å². The van der Waals surface area contributed by atoms with Crippen LogP contribution in [-0.4, -0.2) is 56.4 Å². The molecule has 2 aliphatic heterocycles. The highest BCUT2D eigenvalue weighted by Crippen LogP contribution is 2.49. The third-order valence-electron chi connectivity index (χ3n) is 10.8. The molecule has 4 aliphatic rings. The summed E-state index contributed by atoms with van der Waals surface area (Å²) in [6.07, 6.45) is 11.0. The van der Waals surface area contributed by atoms with Crippen molar-refractivity contribution in [3.63, 3.8) is 0 Å². The summed E-state index contributed by atoms with van der Waals surface area (Å²) in [7, 11) is 0. The molecular weight excluding hydrogens is 635 g/mol. The van der Waals surface area contributed by atoms with Crippen LogP contribution in [0, 0.1) is 28.5 Å². The normalized spacial score (nSPS) is 26.9. The van der Waals surface area contributed by atoms with E-state index in [0.717, 1.165) is 56.9 Å². The van der Waals surface area contributed by atoms with Crippen molar-refractivity contribution in [3.05, 3.63) is 60.0 Å². The molecule has 2 aliphatic carbocycles. The van der Waals surface area contributed by atoms with Crippen molar-refractivity contribution in [1.82, 2.24) is 19.9 Å². The Kier molecular flexibility index (Phi) is 9.69. The van der Waals surface area contributed by atoms with Crippen molar-refractivity contribution in [1.29, 1.82) is 0 Å². The van der Waals surface area contributed by atoms with E-state index in [0.29, 0.717) is 48.4 Å². The molecule has 2 spiro atoms. The predicted octanol–water partition coefficient (Wildman–Crippen LogP) is 6.42. The van der Waals surface area contributed by atoms with Crippen molar-refractivity contribution in [2.45, 2.75) is 78.1 Å². The summed E-state index contributed by atoms with van der Waals surface area (Å²) in [5.41, 5.74) is 0.608. The van der Waals surface area contributed by atoms with Crippen molar-refractivity contribution in [3.8, 4) is 11.3 Å². The molecule has 12 heteroatoms. The van der Waals surface area contributed by atoms with Gasteiger partial charge in [-0.1, -0.05) is 24.4 Å². The number of benzene rings is 1. The van der Waals surface area contributed by atoms with E-state index in [1.54, 1.807) is 47.9 Å². The smallest absolute Gasteiger partial charge is 0.234 e. The average Bonchev–Trinajstić information content (AvgIpc) is 3.56. The first kappa shape index (κ1) is 33.8. The van der Waals surface area contributed by atoms with Crippen LogP contribution < -0.4 is 9.80 Å². The standard InChI is InChI=1S/C21H22FN3O2.C15H18ClN3O2/c1-14(26)16-3-2-8-21(12-16)9-10-25(20(21)27)19-11-18(23-13-24-19)15-4-6-17(22)7-5-15;1-10(20)11-3-2-4-15(8-11)5-6-19(14(15)21)13-7-12(16)17-9-18-13/h4-7,11,13,16H,2-3,8-10,12H2,1H3;7,9,11H,2-6,8H2,1H3/t16-,21?;11-,15?/m11/s1. The number of hydrogen-bond donors (Lipinski definition) is 0. The number of halogens is 2. The largest absolute Gasteiger partial charge is 0.300 e. The molecule has 7 rings (SSSR count). The molecule has 2 aromatic heterocycles. The molecule has 2 amide bonds. The molecule has 0 N–H and O–H groups in total. The van der Waals surface area contributed by atoms with E-state index in [1.165, 1.54) is 24.8 Å². The maximum absolute atomic E-state index is 13.2. The molecule has 0 radical (unpaired) electrons. The zero-order valence-electron chi connectivity index (χ0n) is 27.3. The average molecular weight is 675 g/mol. The minimum absolute atomic E-state index is 0.0113. The highest BCUT2D eigenvalue weighted by Gasteiger charge is 2.51. The fourth-order valence-electron chi connectivity index (χ4n) is 8.09. The van der Waals surface area contributed by atoms with Crippen LogP contribution in [0.3, 0.4) is 0 Å². The zero-order valence-corrected chi connectivity index (χ0v) is 28.1. The fourth-order valence-corrected chi connectivity index (χ4v) is 8.23. The molecule has 10 nitrogen and oxygen atoms in total. The Morgan fingerprint density at radius 3 is 1.75 bits per heavy atom. The molecule has 4 heterocycles. The van der Waals surface area contributed by atoms with Gasteiger partial charge in [0.15, 0.2) is 0 Å². The second kappa shape index (κ2) is 13.8. The van der Waals surface area contributed by atoms with Gasteiger partial charge in [-0.15, -0.1) is 0 Å². The molecule has 2 saturated carbocycles. The van der Waals surface area contributed by atoms with Crippen LogP contribution in [0.4, 0.5) is 16.0 Å². The number of carbonyl (C=O) groups is 4. The summed E-state index contributed by atoms with van der Waals surface area (Å²) in [5.74, 6) is 1.37. The number of rotatable bonds is 5. The van der Waals surface area contributed by atoms with Gasteiger partial charge >= 0.3 is 0 Å². The monoisotopic (exact) mass is 674 g/mol. The number of anilines is 2. The van der Waals surface area contributed by atoms with Gasteiger partial charge in [-0.3, -0.25) is 29.0 Å². The summed E-state index contributed by atoms with van der Waals surface area (Å²) < 4.78 is 13.2. The molecule has 4 atom stereocenters. The van der Waals surface area contributed by atoms with E-state index in [-0.39, 0.29) is 46.4 Å². The molecule has 252 valence electrons. The van der Waals surface area contributed by atoms with Crippen molar-refractivity contribution in [2.24, 2.45) is 22.7 Å². The molecule has 3 aromatic rings. The summed E-state index contributed by atoms with van der Waals surface area (Å²) in [6.45, 7) is 4.49. The van der Waals surface area contributed by atoms with Gasteiger partial charge in [-0.2, -0.15) is 0 Å². The Labute approximate surface area is 284 Å². The summed E-state index contributed by atoms with van der Waals surface area (Å²) in [4.78, 5) is 69.6. The Hall–Kier alpha value is -4.12. The summed E-state index contributed by atoms with van der Waals surface area (Å²) >= 11 is 5.88.